The number of aryl methyl sites for hydroxylation is 1. The molecule has 0 N–H and O–H groups in total. The SMILES string of the molecule is Cc1cc(N(C)C2CCN(CC3OCCc4ccccc43)CC2)ncn1. The van der Waals surface area contributed by atoms with Crippen molar-refractivity contribution in [1.82, 2.24) is 14.9 Å². The number of rotatable bonds is 4. The molecule has 0 aliphatic carbocycles. The molecular formula is C21H28N4O. The topological polar surface area (TPSA) is 41.5 Å². The Kier molecular flexibility index (Phi) is 5.18. The fourth-order valence-electron chi connectivity index (χ4n) is 4.17. The molecule has 1 atom stereocenters. The van der Waals surface area contributed by atoms with E-state index >= 15 is 0 Å². The minimum Gasteiger partial charge on any atom is -0.372 e. The highest BCUT2D eigenvalue weighted by Crippen LogP contribution is 2.29. The van der Waals surface area contributed by atoms with E-state index in [9.17, 15) is 0 Å². The third-order valence-corrected chi connectivity index (χ3v) is 5.77. The van der Waals surface area contributed by atoms with Crippen molar-refractivity contribution in [3.8, 4) is 0 Å². The fourth-order valence-corrected chi connectivity index (χ4v) is 4.17. The van der Waals surface area contributed by atoms with E-state index in [1.807, 2.05) is 6.92 Å². The van der Waals surface area contributed by atoms with Gasteiger partial charge in [-0.25, -0.2) is 9.97 Å². The second-order valence-corrected chi connectivity index (χ2v) is 7.47. The molecule has 3 heterocycles. The van der Waals surface area contributed by atoms with Crippen LogP contribution in [0.5, 0.6) is 0 Å². The first-order valence-corrected chi connectivity index (χ1v) is 9.64. The first kappa shape index (κ1) is 17.4. The first-order valence-electron chi connectivity index (χ1n) is 9.64. The van der Waals surface area contributed by atoms with Crippen LogP contribution in [-0.2, 0) is 11.2 Å². The van der Waals surface area contributed by atoms with Crippen LogP contribution in [0.2, 0.25) is 0 Å². The molecule has 5 heteroatoms. The predicted octanol–water partition coefficient (Wildman–Crippen LogP) is 3.00. The molecule has 1 fully saturated rings. The minimum atomic E-state index is 0.221. The van der Waals surface area contributed by atoms with Crippen LogP contribution in [0, 0.1) is 6.92 Å². The highest BCUT2D eigenvalue weighted by Gasteiger charge is 2.27. The molecule has 0 radical (unpaired) electrons. The summed E-state index contributed by atoms with van der Waals surface area (Å²) in [6.45, 7) is 6.08. The summed E-state index contributed by atoms with van der Waals surface area (Å²) >= 11 is 0. The standard InChI is InChI=1S/C21H28N4O/c1-16-13-21(23-15-22-16)24(2)18-7-10-25(11-8-18)14-20-19-6-4-3-5-17(19)9-12-26-20/h3-6,13,15,18,20H,7-12,14H2,1-2H3. The number of hydrogen-bond donors (Lipinski definition) is 0. The van der Waals surface area contributed by atoms with Crippen LogP contribution in [0.1, 0.15) is 35.8 Å². The summed E-state index contributed by atoms with van der Waals surface area (Å²) in [4.78, 5) is 13.5. The Bertz CT molecular complexity index is 742. The predicted molar refractivity (Wildman–Crippen MR) is 103 cm³/mol. The van der Waals surface area contributed by atoms with Gasteiger partial charge in [0.1, 0.15) is 12.1 Å². The lowest BCUT2D eigenvalue weighted by molar-refractivity contribution is 0.0110. The monoisotopic (exact) mass is 352 g/mol. The largest absolute Gasteiger partial charge is 0.372 e. The zero-order valence-electron chi connectivity index (χ0n) is 15.8. The smallest absolute Gasteiger partial charge is 0.132 e. The summed E-state index contributed by atoms with van der Waals surface area (Å²) in [7, 11) is 2.16. The summed E-state index contributed by atoms with van der Waals surface area (Å²) in [6, 6.07) is 11.4. The van der Waals surface area contributed by atoms with Crippen LogP contribution in [0.3, 0.4) is 0 Å². The van der Waals surface area contributed by atoms with Gasteiger partial charge in [0, 0.05) is 44.5 Å². The van der Waals surface area contributed by atoms with Gasteiger partial charge in [-0.3, -0.25) is 0 Å². The van der Waals surface area contributed by atoms with Crippen molar-refractivity contribution < 1.29 is 4.74 Å². The number of likely N-dealkylation sites (tertiary alicyclic amines) is 1. The summed E-state index contributed by atoms with van der Waals surface area (Å²) in [5.41, 5.74) is 3.86. The maximum atomic E-state index is 6.09. The molecule has 0 saturated carbocycles. The normalized spacial score (nSPS) is 21.4. The Morgan fingerprint density at radius 1 is 1.19 bits per heavy atom. The molecule has 138 valence electrons. The van der Waals surface area contributed by atoms with Gasteiger partial charge >= 0.3 is 0 Å². The molecule has 2 aliphatic heterocycles. The van der Waals surface area contributed by atoms with Crippen molar-refractivity contribution in [2.45, 2.75) is 38.3 Å². The van der Waals surface area contributed by atoms with Gasteiger partial charge in [-0.15, -0.1) is 0 Å². The number of hydrogen-bond acceptors (Lipinski definition) is 5. The van der Waals surface area contributed by atoms with Crippen molar-refractivity contribution in [1.29, 1.82) is 0 Å². The van der Waals surface area contributed by atoms with Crippen LogP contribution in [-0.4, -0.2) is 54.2 Å². The van der Waals surface area contributed by atoms with Crippen LogP contribution in [0.4, 0.5) is 5.82 Å². The molecule has 0 bridgehead atoms. The van der Waals surface area contributed by atoms with E-state index < -0.39 is 0 Å². The van der Waals surface area contributed by atoms with E-state index in [1.165, 1.54) is 11.1 Å². The number of aromatic nitrogens is 2. The van der Waals surface area contributed by atoms with Gasteiger partial charge in [0.2, 0.25) is 0 Å². The molecular weight excluding hydrogens is 324 g/mol. The third-order valence-electron chi connectivity index (χ3n) is 5.77. The Morgan fingerprint density at radius 2 is 2.00 bits per heavy atom. The number of fused-ring (bicyclic) bond motifs is 1. The Balaban J connectivity index is 1.34. The van der Waals surface area contributed by atoms with E-state index in [2.05, 4.69) is 57.1 Å². The van der Waals surface area contributed by atoms with Crippen LogP contribution < -0.4 is 4.90 Å². The summed E-state index contributed by atoms with van der Waals surface area (Å²) in [6.07, 6.45) is 5.24. The second kappa shape index (κ2) is 7.72. The van der Waals surface area contributed by atoms with E-state index in [1.54, 1.807) is 6.33 Å². The third kappa shape index (κ3) is 3.74. The molecule has 0 spiro atoms. The fraction of sp³-hybridized carbons (Fsp3) is 0.524. The number of nitrogens with zero attached hydrogens (tertiary/aromatic N) is 4. The van der Waals surface area contributed by atoms with Crippen molar-refractivity contribution >= 4 is 5.82 Å². The highest BCUT2D eigenvalue weighted by molar-refractivity contribution is 5.39. The number of anilines is 1. The van der Waals surface area contributed by atoms with Crippen LogP contribution in [0.15, 0.2) is 36.7 Å². The lowest BCUT2D eigenvalue weighted by Crippen LogP contribution is -2.45. The van der Waals surface area contributed by atoms with Gasteiger partial charge in [0.25, 0.3) is 0 Å². The van der Waals surface area contributed by atoms with Crippen molar-refractivity contribution in [3.63, 3.8) is 0 Å². The van der Waals surface area contributed by atoms with E-state index in [-0.39, 0.29) is 6.10 Å². The van der Waals surface area contributed by atoms with Gasteiger partial charge < -0.3 is 14.5 Å². The summed E-state index contributed by atoms with van der Waals surface area (Å²) in [5, 5.41) is 0. The Labute approximate surface area is 156 Å². The maximum Gasteiger partial charge on any atom is 0.132 e. The highest BCUT2D eigenvalue weighted by atomic mass is 16.5. The van der Waals surface area contributed by atoms with Gasteiger partial charge in [0.15, 0.2) is 0 Å². The molecule has 0 amide bonds. The number of piperidine rings is 1. The van der Waals surface area contributed by atoms with Gasteiger partial charge in [-0.1, -0.05) is 24.3 Å². The Hall–Kier alpha value is -1.98. The van der Waals surface area contributed by atoms with Gasteiger partial charge in [-0.05, 0) is 37.3 Å². The zero-order chi connectivity index (χ0) is 17.9. The Morgan fingerprint density at radius 3 is 2.81 bits per heavy atom. The molecule has 1 aromatic heterocycles. The lowest BCUT2D eigenvalue weighted by atomic mass is 9.96. The average molecular weight is 352 g/mol. The molecule has 26 heavy (non-hydrogen) atoms. The van der Waals surface area contributed by atoms with Crippen molar-refractivity contribution in [2.24, 2.45) is 0 Å². The number of benzene rings is 1. The van der Waals surface area contributed by atoms with Gasteiger partial charge in [0.05, 0.1) is 12.7 Å². The van der Waals surface area contributed by atoms with Crippen molar-refractivity contribution in [2.75, 3.05) is 38.2 Å². The lowest BCUT2D eigenvalue weighted by Gasteiger charge is -2.39. The zero-order valence-corrected chi connectivity index (χ0v) is 15.8. The van der Waals surface area contributed by atoms with Crippen molar-refractivity contribution in [3.05, 3.63) is 53.5 Å². The first-order chi connectivity index (χ1) is 12.7. The second-order valence-electron chi connectivity index (χ2n) is 7.47. The summed E-state index contributed by atoms with van der Waals surface area (Å²) < 4.78 is 6.09. The maximum absolute atomic E-state index is 6.09. The summed E-state index contributed by atoms with van der Waals surface area (Å²) in [5.74, 6) is 1.03. The quantitative estimate of drug-likeness (QED) is 0.846. The molecule has 1 saturated heterocycles. The molecule has 2 aliphatic rings. The van der Waals surface area contributed by atoms with Crippen LogP contribution in [0.25, 0.3) is 0 Å². The van der Waals surface area contributed by atoms with E-state index in [0.717, 1.165) is 57.0 Å². The molecule has 1 unspecified atom stereocenters. The van der Waals surface area contributed by atoms with E-state index in [0.29, 0.717) is 6.04 Å². The van der Waals surface area contributed by atoms with Crippen LogP contribution >= 0.6 is 0 Å². The van der Waals surface area contributed by atoms with Gasteiger partial charge in [-0.2, -0.15) is 0 Å². The van der Waals surface area contributed by atoms with E-state index in [4.69, 9.17) is 4.74 Å². The molecule has 4 rings (SSSR count). The molecule has 1 aromatic carbocycles. The number of ether oxygens (including phenoxy) is 1. The molecule has 2 aromatic rings. The average Bonchev–Trinajstić information content (AvgIpc) is 2.68. The minimum absolute atomic E-state index is 0.221. The molecule has 5 nitrogen and oxygen atoms in total.